The maximum absolute atomic E-state index is 12.2. The summed E-state index contributed by atoms with van der Waals surface area (Å²) in [7, 11) is 0. The molecule has 6 heteroatoms. The zero-order chi connectivity index (χ0) is 18.2. The van der Waals surface area contributed by atoms with Crippen molar-refractivity contribution in [1.29, 1.82) is 0 Å². The Morgan fingerprint density at radius 1 is 1.40 bits per heavy atom. The number of halogens is 1. The minimum atomic E-state index is -0.364. The minimum Gasteiger partial charge on any atom is -0.356 e. The van der Waals surface area contributed by atoms with E-state index in [2.05, 4.69) is 26.6 Å². The Morgan fingerprint density at radius 2 is 2.20 bits per heavy atom. The summed E-state index contributed by atoms with van der Waals surface area (Å²) in [5.74, 6) is -0.507. The second kappa shape index (κ2) is 9.32. The molecule has 1 aromatic rings. The first kappa shape index (κ1) is 19.1. The van der Waals surface area contributed by atoms with E-state index in [0.717, 1.165) is 16.5 Å². The Labute approximate surface area is 155 Å². The zero-order valence-electron chi connectivity index (χ0n) is 14.0. The predicted octanol–water partition coefficient (Wildman–Crippen LogP) is 2.62. The van der Waals surface area contributed by atoms with Gasteiger partial charge in [0, 0.05) is 29.1 Å². The van der Waals surface area contributed by atoms with Gasteiger partial charge in [0.15, 0.2) is 5.78 Å². The number of ketones is 1. The van der Waals surface area contributed by atoms with Crippen molar-refractivity contribution < 1.29 is 14.4 Å². The van der Waals surface area contributed by atoms with Gasteiger partial charge in [0.2, 0.25) is 11.8 Å². The summed E-state index contributed by atoms with van der Waals surface area (Å²) in [4.78, 5) is 35.1. The molecule has 1 aliphatic rings. The summed E-state index contributed by atoms with van der Waals surface area (Å²) >= 11 is 3.38. The highest BCUT2D eigenvalue weighted by Gasteiger charge is 2.26. The van der Waals surface area contributed by atoms with Gasteiger partial charge in [0.1, 0.15) is 0 Å². The minimum absolute atomic E-state index is 0.000141. The molecule has 0 bridgehead atoms. The fourth-order valence-corrected chi connectivity index (χ4v) is 3.04. The summed E-state index contributed by atoms with van der Waals surface area (Å²) in [6.07, 6.45) is 7.47. The van der Waals surface area contributed by atoms with E-state index >= 15 is 0 Å². The van der Waals surface area contributed by atoms with Crippen LogP contribution >= 0.6 is 15.9 Å². The predicted molar refractivity (Wildman–Crippen MR) is 101 cm³/mol. The molecule has 0 unspecified atom stereocenters. The van der Waals surface area contributed by atoms with E-state index < -0.39 is 0 Å². The van der Waals surface area contributed by atoms with Crippen molar-refractivity contribution in [3.63, 3.8) is 0 Å². The molecule has 1 fully saturated rings. The number of amides is 2. The summed E-state index contributed by atoms with van der Waals surface area (Å²) in [6.45, 7) is 2.11. The fraction of sp³-hybridized carbons (Fsp3) is 0.316. The first-order chi connectivity index (χ1) is 11.9. The number of benzene rings is 1. The molecule has 0 aromatic heterocycles. The Morgan fingerprint density at radius 3 is 2.84 bits per heavy atom. The molecule has 5 nitrogen and oxygen atoms in total. The molecule has 1 aromatic carbocycles. The monoisotopic (exact) mass is 404 g/mol. The van der Waals surface area contributed by atoms with Crippen LogP contribution in [0.25, 0.3) is 6.08 Å². The van der Waals surface area contributed by atoms with Crippen LogP contribution in [-0.2, 0) is 14.4 Å². The molecular weight excluding hydrogens is 384 g/mol. The average Bonchev–Trinajstić information content (AvgIpc) is 2.96. The number of hydrogen-bond donors (Lipinski definition) is 2. The van der Waals surface area contributed by atoms with Gasteiger partial charge >= 0.3 is 0 Å². The van der Waals surface area contributed by atoms with Crippen molar-refractivity contribution in [1.82, 2.24) is 10.6 Å². The van der Waals surface area contributed by atoms with Gasteiger partial charge in [0.05, 0.1) is 0 Å². The van der Waals surface area contributed by atoms with Crippen molar-refractivity contribution in [2.45, 2.75) is 25.8 Å². The second-order valence-corrected chi connectivity index (χ2v) is 6.90. The highest BCUT2D eigenvalue weighted by molar-refractivity contribution is 9.10. The van der Waals surface area contributed by atoms with Crippen LogP contribution in [0.15, 0.2) is 47.0 Å². The average molecular weight is 405 g/mol. The summed E-state index contributed by atoms with van der Waals surface area (Å²) in [6, 6.07) is 7.23. The maximum atomic E-state index is 12.2. The highest BCUT2D eigenvalue weighted by Crippen LogP contribution is 2.17. The lowest BCUT2D eigenvalue weighted by atomic mass is 9.97. The maximum Gasteiger partial charge on any atom is 0.244 e. The SMILES string of the molecule is CC(=O)/C=C/[C@H](C[C@@H]1CCNC1=O)NC(=O)/C=C/c1cccc(Br)c1. The van der Waals surface area contributed by atoms with Gasteiger partial charge in [-0.05, 0) is 49.6 Å². The van der Waals surface area contributed by atoms with Crippen LogP contribution in [0.1, 0.15) is 25.3 Å². The van der Waals surface area contributed by atoms with E-state index in [4.69, 9.17) is 0 Å². The molecule has 132 valence electrons. The zero-order valence-corrected chi connectivity index (χ0v) is 15.6. The molecule has 25 heavy (non-hydrogen) atoms. The van der Waals surface area contributed by atoms with Gasteiger partial charge in [-0.2, -0.15) is 0 Å². The molecule has 2 amide bonds. The van der Waals surface area contributed by atoms with Crippen LogP contribution in [-0.4, -0.2) is 30.2 Å². The number of carbonyl (C=O) groups is 3. The van der Waals surface area contributed by atoms with Gasteiger partial charge in [-0.3, -0.25) is 14.4 Å². The van der Waals surface area contributed by atoms with Crippen LogP contribution < -0.4 is 10.6 Å². The molecule has 1 saturated heterocycles. The summed E-state index contributed by atoms with van der Waals surface area (Å²) < 4.78 is 0.935. The lowest BCUT2D eigenvalue weighted by Gasteiger charge is -2.16. The molecule has 0 aliphatic carbocycles. The molecule has 0 radical (unpaired) electrons. The fourth-order valence-electron chi connectivity index (χ4n) is 2.63. The second-order valence-electron chi connectivity index (χ2n) is 5.99. The molecule has 1 aliphatic heterocycles. The van der Waals surface area contributed by atoms with E-state index in [1.807, 2.05) is 24.3 Å². The molecule has 2 rings (SSSR count). The van der Waals surface area contributed by atoms with E-state index in [1.54, 1.807) is 12.2 Å². The normalized spacial score (nSPS) is 18.5. The largest absolute Gasteiger partial charge is 0.356 e. The summed E-state index contributed by atoms with van der Waals surface area (Å²) in [5.41, 5.74) is 0.899. The molecule has 2 atom stereocenters. The molecule has 1 heterocycles. The van der Waals surface area contributed by atoms with E-state index in [1.165, 1.54) is 19.1 Å². The van der Waals surface area contributed by atoms with Crippen molar-refractivity contribution in [3.8, 4) is 0 Å². The van der Waals surface area contributed by atoms with Crippen molar-refractivity contribution in [2.75, 3.05) is 6.54 Å². The smallest absolute Gasteiger partial charge is 0.244 e. The molecule has 0 spiro atoms. The molecule has 0 saturated carbocycles. The lowest BCUT2D eigenvalue weighted by molar-refractivity contribution is -0.123. The van der Waals surface area contributed by atoms with Crippen molar-refractivity contribution in [2.24, 2.45) is 5.92 Å². The van der Waals surface area contributed by atoms with E-state index in [0.29, 0.717) is 13.0 Å². The van der Waals surface area contributed by atoms with Gasteiger partial charge in [-0.25, -0.2) is 0 Å². The van der Waals surface area contributed by atoms with Crippen LogP contribution in [0, 0.1) is 5.92 Å². The third kappa shape index (κ3) is 6.66. The Bertz CT molecular complexity index is 712. The number of rotatable bonds is 7. The van der Waals surface area contributed by atoms with Crippen LogP contribution in [0.3, 0.4) is 0 Å². The number of carbonyl (C=O) groups excluding carboxylic acids is 3. The third-order valence-electron chi connectivity index (χ3n) is 3.87. The van der Waals surface area contributed by atoms with Crippen LogP contribution in [0.5, 0.6) is 0 Å². The van der Waals surface area contributed by atoms with E-state index in [9.17, 15) is 14.4 Å². The lowest BCUT2D eigenvalue weighted by Crippen LogP contribution is -2.35. The first-order valence-electron chi connectivity index (χ1n) is 8.14. The van der Waals surface area contributed by atoms with Crippen LogP contribution in [0.4, 0.5) is 0 Å². The Kier molecular flexibility index (Phi) is 7.13. The standard InChI is InChI=1S/C19H21BrN2O3/c1-13(23)5-7-17(12-15-9-10-21-19(15)25)22-18(24)8-6-14-3-2-4-16(20)11-14/h2-8,11,15,17H,9-10,12H2,1H3,(H,21,25)(H,22,24)/b7-5+,8-6+/t15-,17+/m0/s1. The summed E-state index contributed by atoms with van der Waals surface area (Å²) in [5, 5.41) is 5.63. The quantitative estimate of drug-likeness (QED) is 0.685. The van der Waals surface area contributed by atoms with Gasteiger partial charge in [-0.1, -0.05) is 34.1 Å². The first-order valence-corrected chi connectivity index (χ1v) is 8.94. The van der Waals surface area contributed by atoms with Gasteiger partial charge in [-0.15, -0.1) is 0 Å². The number of allylic oxidation sites excluding steroid dienone is 1. The third-order valence-corrected chi connectivity index (χ3v) is 4.36. The topological polar surface area (TPSA) is 75.3 Å². The molecule has 2 N–H and O–H groups in total. The van der Waals surface area contributed by atoms with Crippen molar-refractivity contribution in [3.05, 3.63) is 52.5 Å². The number of nitrogens with one attached hydrogen (secondary N) is 2. The van der Waals surface area contributed by atoms with Gasteiger partial charge < -0.3 is 10.6 Å². The van der Waals surface area contributed by atoms with Gasteiger partial charge in [0.25, 0.3) is 0 Å². The molecular formula is C19H21BrN2O3. The number of hydrogen-bond acceptors (Lipinski definition) is 3. The van der Waals surface area contributed by atoms with Crippen LogP contribution in [0.2, 0.25) is 0 Å². The Hall–Kier alpha value is -2.21. The van der Waals surface area contributed by atoms with Crippen molar-refractivity contribution >= 4 is 39.6 Å². The van der Waals surface area contributed by atoms with E-state index in [-0.39, 0.29) is 29.6 Å². The Balaban J connectivity index is 2.00. The highest BCUT2D eigenvalue weighted by atomic mass is 79.9.